The van der Waals surface area contributed by atoms with E-state index in [-0.39, 0.29) is 0 Å². The van der Waals surface area contributed by atoms with Crippen molar-refractivity contribution in [3.63, 3.8) is 0 Å². The Labute approximate surface area is 106 Å². The molecule has 1 aliphatic rings. The van der Waals surface area contributed by atoms with Crippen molar-refractivity contribution in [1.82, 2.24) is 0 Å². The van der Waals surface area contributed by atoms with E-state index in [0.29, 0.717) is 0 Å². The third kappa shape index (κ3) is 1.81. The van der Waals surface area contributed by atoms with Crippen LogP contribution in [0.15, 0.2) is 36.4 Å². The van der Waals surface area contributed by atoms with Crippen molar-refractivity contribution in [1.29, 1.82) is 0 Å². The standard InChI is InChI=1S/C15H14ClN/c1-10-5-6-11(9-14(10)16)12-3-2-4-15-13(12)7-8-17-15/h2-6,9,17H,7-8H2,1H3. The van der Waals surface area contributed by atoms with Gasteiger partial charge >= 0.3 is 0 Å². The van der Waals surface area contributed by atoms with E-state index in [1.54, 1.807) is 0 Å². The first-order chi connectivity index (χ1) is 8.25. The Bertz CT molecular complexity index is 575. The van der Waals surface area contributed by atoms with Gasteiger partial charge in [0.25, 0.3) is 0 Å². The average Bonchev–Trinajstić information content (AvgIpc) is 2.80. The Balaban J connectivity index is 2.15. The summed E-state index contributed by atoms with van der Waals surface area (Å²) in [5.41, 5.74) is 6.31. The molecule has 0 aromatic heterocycles. The molecule has 1 N–H and O–H groups in total. The van der Waals surface area contributed by atoms with Crippen LogP contribution in [-0.4, -0.2) is 6.54 Å². The zero-order valence-electron chi connectivity index (χ0n) is 9.76. The molecule has 2 aromatic carbocycles. The summed E-state index contributed by atoms with van der Waals surface area (Å²) < 4.78 is 0. The van der Waals surface area contributed by atoms with Gasteiger partial charge in [0.05, 0.1) is 0 Å². The van der Waals surface area contributed by atoms with E-state index in [0.717, 1.165) is 23.6 Å². The number of hydrogen-bond donors (Lipinski definition) is 1. The minimum absolute atomic E-state index is 0.839. The van der Waals surface area contributed by atoms with Crippen LogP contribution in [0.5, 0.6) is 0 Å². The number of nitrogens with one attached hydrogen (secondary N) is 1. The second kappa shape index (κ2) is 4.08. The summed E-state index contributed by atoms with van der Waals surface area (Å²) in [6.07, 6.45) is 1.09. The van der Waals surface area contributed by atoms with Gasteiger partial charge in [0.15, 0.2) is 0 Å². The van der Waals surface area contributed by atoms with Crippen LogP contribution in [0.25, 0.3) is 11.1 Å². The average molecular weight is 244 g/mol. The largest absolute Gasteiger partial charge is 0.384 e. The molecule has 0 aliphatic carbocycles. The molecule has 2 heteroatoms. The highest BCUT2D eigenvalue weighted by Crippen LogP contribution is 2.34. The highest BCUT2D eigenvalue weighted by Gasteiger charge is 2.14. The fraction of sp³-hybridized carbons (Fsp3) is 0.200. The van der Waals surface area contributed by atoms with Gasteiger partial charge in [-0.15, -0.1) is 0 Å². The molecule has 0 saturated heterocycles. The lowest BCUT2D eigenvalue weighted by atomic mass is 9.97. The summed E-state index contributed by atoms with van der Waals surface area (Å²) >= 11 is 6.20. The van der Waals surface area contributed by atoms with Gasteiger partial charge in [-0.1, -0.05) is 35.9 Å². The summed E-state index contributed by atoms with van der Waals surface area (Å²) in [4.78, 5) is 0. The number of benzene rings is 2. The summed E-state index contributed by atoms with van der Waals surface area (Å²) in [5, 5.41) is 4.24. The second-order valence-electron chi connectivity index (χ2n) is 4.47. The molecule has 17 heavy (non-hydrogen) atoms. The fourth-order valence-corrected chi connectivity index (χ4v) is 2.56. The predicted octanol–water partition coefficient (Wildman–Crippen LogP) is 4.28. The summed E-state index contributed by atoms with van der Waals surface area (Å²) in [5.74, 6) is 0. The molecule has 0 saturated carbocycles. The van der Waals surface area contributed by atoms with Gasteiger partial charge in [-0.2, -0.15) is 0 Å². The molecule has 1 nitrogen and oxygen atoms in total. The number of aryl methyl sites for hydroxylation is 1. The van der Waals surface area contributed by atoms with Crippen molar-refractivity contribution < 1.29 is 0 Å². The lowest BCUT2D eigenvalue weighted by Crippen LogP contribution is -1.90. The quantitative estimate of drug-likeness (QED) is 0.788. The van der Waals surface area contributed by atoms with E-state index in [1.807, 2.05) is 6.92 Å². The normalized spacial score (nSPS) is 13.3. The molecule has 2 aromatic rings. The lowest BCUT2D eigenvalue weighted by Gasteiger charge is -2.09. The lowest BCUT2D eigenvalue weighted by molar-refractivity contribution is 1.11. The van der Waals surface area contributed by atoms with Crippen molar-refractivity contribution in [2.24, 2.45) is 0 Å². The Kier molecular flexibility index (Phi) is 2.56. The van der Waals surface area contributed by atoms with Crippen LogP contribution in [0.3, 0.4) is 0 Å². The van der Waals surface area contributed by atoms with Crippen LogP contribution in [0.1, 0.15) is 11.1 Å². The predicted molar refractivity (Wildman–Crippen MR) is 73.8 cm³/mol. The molecule has 1 heterocycles. The van der Waals surface area contributed by atoms with Gasteiger partial charge in [-0.25, -0.2) is 0 Å². The molecular formula is C15H14ClN. The number of fused-ring (bicyclic) bond motifs is 1. The van der Waals surface area contributed by atoms with Gasteiger partial charge < -0.3 is 5.32 Å². The molecule has 1 aliphatic heterocycles. The van der Waals surface area contributed by atoms with Crippen LogP contribution >= 0.6 is 11.6 Å². The van der Waals surface area contributed by atoms with Crippen LogP contribution in [0.2, 0.25) is 5.02 Å². The maximum absolute atomic E-state index is 6.20. The SMILES string of the molecule is Cc1ccc(-c2cccc3c2CCN3)cc1Cl. The topological polar surface area (TPSA) is 12.0 Å². The Morgan fingerprint density at radius 1 is 1.18 bits per heavy atom. The summed E-state index contributed by atoms with van der Waals surface area (Å²) in [6.45, 7) is 3.06. The van der Waals surface area contributed by atoms with Gasteiger partial charge in [-0.05, 0) is 47.7 Å². The molecular weight excluding hydrogens is 230 g/mol. The van der Waals surface area contributed by atoms with Crippen molar-refractivity contribution >= 4 is 17.3 Å². The fourth-order valence-electron chi connectivity index (χ4n) is 2.37. The van der Waals surface area contributed by atoms with E-state index < -0.39 is 0 Å². The molecule has 0 unspecified atom stereocenters. The summed E-state index contributed by atoms with van der Waals surface area (Å²) in [7, 11) is 0. The molecule has 0 spiro atoms. The third-order valence-corrected chi connectivity index (χ3v) is 3.76. The van der Waals surface area contributed by atoms with E-state index in [1.165, 1.54) is 22.4 Å². The van der Waals surface area contributed by atoms with Crippen LogP contribution in [0, 0.1) is 6.92 Å². The van der Waals surface area contributed by atoms with E-state index in [2.05, 4.69) is 41.7 Å². The zero-order chi connectivity index (χ0) is 11.8. The van der Waals surface area contributed by atoms with Crippen molar-refractivity contribution in [2.45, 2.75) is 13.3 Å². The van der Waals surface area contributed by atoms with Crippen molar-refractivity contribution in [3.8, 4) is 11.1 Å². The molecule has 0 fully saturated rings. The van der Waals surface area contributed by atoms with Crippen LogP contribution in [-0.2, 0) is 6.42 Å². The van der Waals surface area contributed by atoms with Gasteiger partial charge in [0, 0.05) is 17.3 Å². The Morgan fingerprint density at radius 3 is 2.88 bits per heavy atom. The van der Waals surface area contributed by atoms with Gasteiger partial charge in [0.2, 0.25) is 0 Å². The first kappa shape index (κ1) is 10.7. The van der Waals surface area contributed by atoms with E-state index in [9.17, 15) is 0 Å². The Hall–Kier alpha value is -1.47. The highest BCUT2D eigenvalue weighted by molar-refractivity contribution is 6.31. The summed E-state index contributed by atoms with van der Waals surface area (Å²) in [6, 6.07) is 12.7. The van der Waals surface area contributed by atoms with Gasteiger partial charge in [-0.3, -0.25) is 0 Å². The number of hydrogen-bond acceptors (Lipinski definition) is 1. The minimum Gasteiger partial charge on any atom is -0.384 e. The molecule has 0 amide bonds. The zero-order valence-corrected chi connectivity index (χ0v) is 10.5. The van der Waals surface area contributed by atoms with Gasteiger partial charge in [0.1, 0.15) is 0 Å². The number of halogens is 1. The number of rotatable bonds is 1. The monoisotopic (exact) mass is 243 g/mol. The maximum atomic E-state index is 6.20. The Morgan fingerprint density at radius 2 is 2.06 bits per heavy atom. The molecule has 86 valence electrons. The third-order valence-electron chi connectivity index (χ3n) is 3.35. The smallest absolute Gasteiger partial charge is 0.0441 e. The van der Waals surface area contributed by atoms with Crippen molar-refractivity contribution in [2.75, 3.05) is 11.9 Å². The van der Waals surface area contributed by atoms with Crippen molar-refractivity contribution in [3.05, 3.63) is 52.5 Å². The first-order valence-electron chi connectivity index (χ1n) is 5.88. The molecule has 0 radical (unpaired) electrons. The van der Waals surface area contributed by atoms with Crippen LogP contribution < -0.4 is 5.32 Å². The molecule has 0 bridgehead atoms. The van der Waals surface area contributed by atoms with E-state index >= 15 is 0 Å². The van der Waals surface area contributed by atoms with Crippen LogP contribution in [0.4, 0.5) is 5.69 Å². The second-order valence-corrected chi connectivity index (χ2v) is 4.88. The first-order valence-corrected chi connectivity index (χ1v) is 6.26. The highest BCUT2D eigenvalue weighted by atomic mass is 35.5. The molecule has 3 rings (SSSR count). The number of anilines is 1. The molecule has 0 atom stereocenters. The minimum atomic E-state index is 0.839. The maximum Gasteiger partial charge on any atom is 0.0441 e. The van der Waals surface area contributed by atoms with E-state index in [4.69, 9.17) is 11.6 Å².